The van der Waals surface area contributed by atoms with Crippen LogP contribution in [0.5, 0.6) is 11.5 Å². The van der Waals surface area contributed by atoms with Crippen molar-refractivity contribution >= 4 is 23.2 Å². The fourth-order valence-corrected chi connectivity index (χ4v) is 1.95. The highest BCUT2D eigenvalue weighted by Gasteiger charge is 2.07. The number of nitrogens with one attached hydrogen (secondary N) is 1. The largest absolute Gasteiger partial charge is 0.456 e. The number of nitrogens with zero attached hydrogens (tertiary/aromatic N) is 1. The molecule has 0 aliphatic rings. The summed E-state index contributed by atoms with van der Waals surface area (Å²) in [5, 5.41) is 4.19. The summed E-state index contributed by atoms with van der Waals surface area (Å²) >= 11 is 12.1. The van der Waals surface area contributed by atoms with E-state index in [1.807, 2.05) is 6.07 Å². The number of ether oxygens (including phenoxy) is 1. The highest BCUT2D eigenvalue weighted by Crippen LogP contribution is 2.34. The van der Waals surface area contributed by atoms with Gasteiger partial charge in [0.1, 0.15) is 16.5 Å². The predicted octanol–water partition coefficient (Wildman–Crippen LogP) is 4.68. The summed E-state index contributed by atoms with van der Waals surface area (Å²) < 4.78 is 5.75. The maximum atomic E-state index is 6.10. The Balaban J connectivity index is 2.13. The highest BCUT2D eigenvalue weighted by molar-refractivity contribution is 6.42. The van der Waals surface area contributed by atoms with E-state index in [4.69, 9.17) is 27.9 Å². The Morgan fingerprint density at radius 2 is 2.05 bits per heavy atom. The standard InChI is InChI=1S/C15H16Cl2N2O/c1-10(2)19-9-11-8-12(6-7-18-11)20-14-5-3-4-13(16)15(14)17/h3-8,10,19H,9H2,1-2H3. The molecular weight excluding hydrogens is 295 g/mol. The van der Waals surface area contributed by atoms with Crippen LogP contribution < -0.4 is 10.1 Å². The van der Waals surface area contributed by atoms with Crippen LogP contribution in [0.2, 0.25) is 10.0 Å². The van der Waals surface area contributed by atoms with Crippen molar-refractivity contribution in [3.63, 3.8) is 0 Å². The molecule has 1 heterocycles. The fourth-order valence-electron chi connectivity index (χ4n) is 1.61. The Morgan fingerprint density at radius 3 is 2.80 bits per heavy atom. The second-order valence-electron chi connectivity index (χ2n) is 4.67. The molecule has 0 atom stereocenters. The lowest BCUT2D eigenvalue weighted by atomic mass is 10.3. The quantitative estimate of drug-likeness (QED) is 0.870. The second-order valence-corrected chi connectivity index (χ2v) is 5.46. The highest BCUT2D eigenvalue weighted by atomic mass is 35.5. The van der Waals surface area contributed by atoms with Crippen LogP contribution in [0.3, 0.4) is 0 Å². The number of hydrogen-bond donors (Lipinski definition) is 1. The van der Waals surface area contributed by atoms with Crippen LogP contribution in [-0.4, -0.2) is 11.0 Å². The monoisotopic (exact) mass is 310 g/mol. The van der Waals surface area contributed by atoms with Gasteiger partial charge in [-0.05, 0) is 18.2 Å². The van der Waals surface area contributed by atoms with E-state index in [1.54, 1.807) is 30.5 Å². The number of halogens is 2. The van der Waals surface area contributed by atoms with E-state index < -0.39 is 0 Å². The first-order valence-electron chi connectivity index (χ1n) is 6.36. The lowest BCUT2D eigenvalue weighted by molar-refractivity contribution is 0.480. The zero-order chi connectivity index (χ0) is 14.5. The summed E-state index contributed by atoms with van der Waals surface area (Å²) in [7, 11) is 0. The van der Waals surface area contributed by atoms with Crippen molar-refractivity contribution in [3.05, 3.63) is 52.3 Å². The smallest absolute Gasteiger partial charge is 0.147 e. The van der Waals surface area contributed by atoms with E-state index in [-0.39, 0.29) is 0 Å². The Hall–Kier alpha value is -1.29. The summed E-state index contributed by atoms with van der Waals surface area (Å²) in [6, 6.07) is 9.38. The lowest BCUT2D eigenvalue weighted by Gasteiger charge is -2.11. The molecule has 0 radical (unpaired) electrons. The molecule has 3 nitrogen and oxygen atoms in total. The van der Waals surface area contributed by atoms with Crippen LogP contribution in [0.1, 0.15) is 19.5 Å². The van der Waals surface area contributed by atoms with Gasteiger partial charge in [0, 0.05) is 24.8 Å². The third-order valence-corrected chi connectivity index (χ3v) is 3.42. The molecule has 0 unspecified atom stereocenters. The van der Waals surface area contributed by atoms with E-state index >= 15 is 0 Å². The summed E-state index contributed by atoms with van der Waals surface area (Å²) in [5.41, 5.74) is 0.911. The first kappa shape index (κ1) is 15.1. The van der Waals surface area contributed by atoms with Gasteiger partial charge in [0.25, 0.3) is 0 Å². The molecule has 0 aliphatic heterocycles. The van der Waals surface area contributed by atoms with Gasteiger partial charge in [-0.15, -0.1) is 0 Å². The normalized spacial score (nSPS) is 10.8. The minimum atomic E-state index is 0.406. The fraction of sp³-hybridized carbons (Fsp3) is 0.267. The summed E-state index contributed by atoms with van der Waals surface area (Å²) in [6.45, 7) is 4.87. The van der Waals surface area contributed by atoms with Crippen LogP contribution in [0.15, 0.2) is 36.5 Å². The van der Waals surface area contributed by atoms with Crippen molar-refractivity contribution < 1.29 is 4.74 Å². The number of aromatic nitrogens is 1. The van der Waals surface area contributed by atoms with E-state index in [0.29, 0.717) is 34.1 Å². The van der Waals surface area contributed by atoms with Gasteiger partial charge in [-0.2, -0.15) is 0 Å². The molecule has 1 aromatic carbocycles. The van der Waals surface area contributed by atoms with E-state index in [0.717, 1.165) is 5.69 Å². The zero-order valence-electron chi connectivity index (χ0n) is 11.4. The van der Waals surface area contributed by atoms with Crippen LogP contribution in [-0.2, 0) is 6.54 Å². The van der Waals surface area contributed by atoms with Crippen molar-refractivity contribution in [2.75, 3.05) is 0 Å². The molecule has 2 rings (SSSR count). The van der Waals surface area contributed by atoms with Crippen LogP contribution in [0, 0.1) is 0 Å². The van der Waals surface area contributed by atoms with Gasteiger partial charge >= 0.3 is 0 Å². The average Bonchev–Trinajstić information content (AvgIpc) is 2.42. The van der Waals surface area contributed by atoms with Gasteiger partial charge in [-0.3, -0.25) is 4.98 Å². The van der Waals surface area contributed by atoms with Gasteiger partial charge in [-0.1, -0.05) is 43.1 Å². The Morgan fingerprint density at radius 1 is 1.25 bits per heavy atom. The molecule has 1 aromatic heterocycles. The van der Waals surface area contributed by atoms with Gasteiger partial charge in [0.2, 0.25) is 0 Å². The molecule has 106 valence electrons. The van der Waals surface area contributed by atoms with Crippen molar-refractivity contribution in [2.24, 2.45) is 0 Å². The van der Waals surface area contributed by atoms with E-state index in [1.165, 1.54) is 0 Å². The van der Waals surface area contributed by atoms with Crippen molar-refractivity contribution in [3.8, 4) is 11.5 Å². The lowest BCUT2D eigenvalue weighted by Crippen LogP contribution is -2.22. The van der Waals surface area contributed by atoms with Gasteiger partial charge in [0.15, 0.2) is 0 Å². The van der Waals surface area contributed by atoms with Gasteiger partial charge < -0.3 is 10.1 Å². The minimum absolute atomic E-state index is 0.406. The van der Waals surface area contributed by atoms with Crippen LogP contribution in [0.25, 0.3) is 0 Å². The Labute approximate surface area is 128 Å². The Kier molecular flexibility index (Phi) is 5.24. The first-order chi connectivity index (χ1) is 9.56. The summed E-state index contributed by atoms with van der Waals surface area (Å²) in [4.78, 5) is 4.29. The summed E-state index contributed by atoms with van der Waals surface area (Å²) in [5.74, 6) is 1.22. The molecule has 0 amide bonds. The third-order valence-electron chi connectivity index (χ3n) is 2.62. The average molecular weight is 311 g/mol. The second kappa shape index (κ2) is 6.93. The Bertz CT molecular complexity index is 588. The minimum Gasteiger partial charge on any atom is -0.456 e. The predicted molar refractivity (Wildman–Crippen MR) is 82.7 cm³/mol. The zero-order valence-corrected chi connectivity index (χ0v) is 12.9. The number of pyridine rings is 1. The van der Waals surface area contributed by atoms with Crippen molar-refractivity contribution in [1.82, 2.24) is 10.3 Å². The molecule has 0 saturated carbocycles. The number of benzene rings is 1. The number of hydrogen-bond acceptors (Lipinski definition) is 3. The van der Waals surface area contributed by atoms with Crippen molar-refractivity contribution in [1.29, 1.82) is 0 Å². The third kappa shape index (κ3) is 4.10. The van der Waals surface area contributed by atoms with E-state index in [2.05, 4.69) is 24.1 Å². The molecule has 0 bridgehead atoms. The van der Waals surface area contributed by atoms with Gasteiger partial charge in [0.05, 0.1) is 10.7 Å². The molecule has 1 N–H and O–H groups in total. The molecule has 20 heavy (non-hydrogen) atoms. The van der Waals surface area contributed by atoms with Crippen molar-refractivity contribution in [2.45, 2.75) is 26.4 Å². The topological polar surface area (TPSA) is 34.1 Å². The molecule has 0 spiro atoms. The SMILES string of the molecule is CC(C)NCc1cc(Oc2cccc(Cl)c2Cl)ccn1. The maximum absolute atomic E-state index is 6.10. The molecule has 0 aliphatic carbocycles. The molecule has 0 saturated heterocycles. The van der Waals surface area contributed by atoms with Gasteiger partial charge in [-0.25, -0.2) is 0 Å². The number of rotatable bonds is 5. The molecule has 2 aromatic rings. The maximum Gasteiger partial charge on any atom is 0.147 e. The summed E-state index contributed by atoms with van der Waals surface area (Å²) in [6.07, 6.45) is 1.71. The molecule has 0 fully saturated rings. The molecular formula is C15H16Cl2N2O. The van der Waals surface area contributed by atoms with E-state index in [9.17, 15) is 0 Å². The van der Waals surface area contributed by atoms with Crippen LogP contribution >= 0.6 is 23.2 Å². The molecule has 5 heteroatoms. The first-order valence-corrected chi connectivity index (χ1v) is 7.12. The van der Waals surface area contributed by atoms with Crippen LogP contribution in [0.4, 0.5) is 0 Å².